The first-order valence-electron chi connectivity index (χ1n) is 6.60. The quantitative estimate of drug-likeness (QED) is 0.686. The molecule has 3 N–H and O–H groups in total. The summed E-state index contributed by atoms with van der Waals surface area (Å²) in [5.41, 5.74) is 0.731. The molecular weight excluding hydrogens is 291 g/mol. The lowest BCUT2D eigenvalue weighted by Gasteiger charge is -2.11. The van der Waals surface area contributed by atoms with Gasteiger partial charge < -0.3 is 9.73 Å². The van der Waals surface area contributed by atoms with Crippen molar-refractivity contribution < 1.29 is 13.6 Å². The van der Waals surface area contributed by atoms with Crippen LogP contribution in [0.3, 0.4) is 0 Å². The lowest BCUT2D eigenvalue weighted by molar-refractivity contribution is 0.0925. The monoisotopic (exact) mass is 304 g/mol. The number of aryl methyl sites for hydroxylation is 1. The number of hydrogen-bond donors (Lipinski definition) is 3. The SMILES string of the molecule is Cc1c(C(C)NC(=O)c2n[nH]c(=O)[nH]2)oc2ccc(F)cc12. The van der Waals surface area contributed by atoms with Gasteiger partial charge in [0.05, 0.1) is 6.04 Å². The van der Waals surface area contributed by atoms with Crippen molar-refractivity contribution in [3.63, 3.8) is 0 Å². The zero-order valence-electron chi connectivity index (χ0n) is 11.9. The number of fused-ring (bicyclic) bond motifs is 1. The van der Waals surface area contributed by atoms with Crippen molar-refractivity contribution in [2.24, 2.45) is 0 Å². The van der Waals surface area contributed by atoms with E-state index in [2.05, 4.69) is 20.5 Å². The number of hydrogen-bond acceptors (Lipinski definition) is 4. The molecule has 7 nitrogen and oxygen atoms in total. The van der Waals surface area contributed by atoms with E-state index in [-0.39, 0.29) is 11.6 Å². The second-order valence-electron chi connectivity index (χ2n) is 4.95. The Balaban J connectivity index is 1.89. The Morgan fingerprint density at radius 3 is 2.91 bits per heavy atom. The lowest BCUT2D eigenvalue weighted by atomic mass is 10.1. The van der Waals surface area contributed by atoms with Crippen molar-refractivity contribution in [2.45, 2.75) is 19.9 Å². The topological polar surface area (TPSA) is 104 Å². The Kier molecular flexibility index (Phi) is 3.28. The van der Waals surface area contributed by atoms with Gasteiger partial charge >= 0.3 is 5.69 Å². The largest absolute Gasteiger partial charge is 0.459 e. The van der Waals surface area contributed by atoms with Gasteiger partial charge in [-0.1, -0.05) is 0 Å². The van der Waals surface area contributed by atoms with Gasteiger partial charge in [-0.3, -0.25) is 9.78 Å². The molecule has 0 fully saturated rings. The van der Waals surface area contributed by atoms with E-state index < -0.39 is 17.6 Å². The van der Waals surface area contributed by atoms with Crippen LogP contribution in [0, 0.1) is 12.7 Å². The third kappa shape index (κ3) is 2.39. The number of carbonyl (C=O) groups is 1. The summed E-state index contributed by atoms with van der Waals surface area (Å²) in [6.45, 7) is 3.52. The van der Waals surface area contributed by atoms with Gasteiger partial charge in [0.15, 0.2) is 0 Å². The van der Waals surface area contributed by atoms with Crippen molar-refractivity contribution >= 4 is 16.9 Å². The fourth-order valence-electron chi connectivity index (χ4n) is 2.33. The number of rotatable bonds is 3. The van der Waals surface area contributed by atoms with E-state index in [1.165, 1.54) is 12.1 Å². The molecule has 3 rings (SSSR count). The smallest absolute Gasteiger partial charge is 0.341 e. The lowest BCUT2D eigenvalue weighted by Crippen LogP contribution is -2.28. The molecule has 0 aliphatic carbocycles. The highest BCUT2D eigenvalue weighted by atomic mass is 19.1. The van der Waals surface area contributed by atoms with Gasteiger partial charge in [0.25, 0.3) is 5.91 Å². The molecule has 0 bridgehead atoms. The number of aromatic amines is 2. The van der Waals surface area contributed by atoms with Gasteiger partial charge in [0.2, 0.25) is 5.82 Å². The number of H-pyrrole nitrogens is 2. The minimum atomic E-state index is -0.562. The van der Waals surface area contributed by atoms with E-state index in [9.17, 15) is 14.0 Å². The fraction of sp³-hybridized carbons (Fsp3) is 0.214. The van der Waals surface area contributed by atoms with Crippen LogP contribution in [0.1, 0.15) is 34.9 Å². The minimum absolute atomic E-state index is 0.114. The first kappa shape index (κ1) is 14.1. The molecule has 0 radical (unpaired) electrons. The third-order valence-electron chi connectivity index (χ3n) is 3.39. The van der Waals surface area contributed by atoms with Gasteiger partial charge in [-0.05, 0) is 32.0 Å². The van der Waals surface area contributed by atoms with E-state index in [0.717, 1.165) is 5.56 Å². The first-order valence-corrected chi connectivity index (χ1v) is 6.60. The summed E-state index contributed by atoms with van der Waals surface area (Å²) in [7, 11) is 0. The van der Waals surface area contributed by atoms with Crippen LogP contribution in [-0.4, -0.2) is 21.1 Å². The molecule has 1 amide bonds. The summed E-state index contributed by atoms with van der Waals surface area (Å²) < 4.78 is 19.0. The Morgan fingerprint density at radius 2 is 2.23 bits per heavy atom. The van der Waals surface area contributed by atoms with Crippen molar-refractivity contribution in [1.29, 1.82) is 0 Å². The molecule has 2 heterocycles. The van der Waals surface area contributed by atoms with Gasteiger partial charge in [-0.15, -0.1) is 5.10 Å². The standard InChI is InChI=1S/C14H13FN4O3/c1-6-9-5-8(15)3-4-10(9)22-11(6)7(2)16-13(20)12-17-14(21)19-18-12/h3-5,7H,1-2H3,(H,16,20)(H2,17,18,19,21). The van der Waals surface area contributed by atoms with Crippen LogP contribution in [0.25, 0.3) is 11.0 Å². The highest BCUT2D eigenvalue weighted by molar-refractivity contribution is 5.90. The Morgan fingerprint density at radius 1 is 1.45 bits per heavy atom. The molecular formula is C14H13FN4O3. The highest BCUT2D eigenvalue weighted by Crippen LogP contribution is 2.29. The zero-order valence-corrected chi connectivity index (χ0v) is 11.9. The minimum Gasteiger partial charge on any atom is -0.459 e. The summed E-state index contributed by atoms with van der Waals surface area (Å²) >= 11 is 0. The average molecular weight is 304 g/mol. The van der Waals surface area contributed by atoms with Crippen molar-refractivity contribution in [3.05, 3.63) is 51.6 Å². The van der Waals surface area contributed by atoms with Gasteiger partial charge in [0, 0.05) is 10.9 Å². The average Bonchev–Trinajstić information content (AvgIpc) is 3.04. The maximum absolute atomic E-state index is 13.3. The molecule has 0 aliphatic rings. The molecule has 114 valence electrons. The number of furan rings is 1. The van der Waals surface area contributed by atoms with Crippen LogP contribution < -0.4 is 11.0 Å². The molecule has 3 aromatic rings. The number of halogens is 1. The zero-order chi connectivity index (χ0) is 15.9. The van der Waals surface area contributed by atoms with Crippen LogP contribution in [0.5, 0.6) is 0 Å². The van der Waals surface area contributed by atoms with Crippen molar-refractivity contribution in [3.8, 4) is 0 Å². The predicted molar refractivity (Wildman–Crippen MR) is 76.0 cm³/mol. The number of nitrogens with one attached hydrogen (secondary N) is 3. The predicted octanol–water partition coefficient (Wildman–Crippen LogP) is 1.78. The van der Waals surface area contributed by atoms with Gasteiger partial charge in [-0.2, -0.15) is 0 Å². The van der Waals surface area contributed by atoms with E-state index in [1.807, 2.05) is 0 Å². The second-order valence-corrected chi connectivity index (χ2v) is 4.95. The molecule has 1 atom stereocenters. The Bertz CT molecular complexity index is 908. The van der Waals surface area contributed by atoms with Crippen LogP contribution in [0.4, 0.5) is 4.39 Å². The number of carbonyl (C=O) groups excluding carboxylic acids is 1. The Hall–Kier alpha value is -2.90. The van der Waals surface area contributed by atoms with Crippen LogP contribution in [0.2, 0.25) is 0 Å². The number of nitrogens with zero attached hydrogens (tertiary/aromatic N) is 1. The highest BCUT2D eigenvalue weighted by Gasteiger charge is 2.20. The molecule has 8 heteroatoms. The molecule has 0 saturated heterocycles. The molecule has 0 aliphatic heterocycles. The van der Waals surface area contributed by atoms with E-state index in [4.69, 9.17) is 4.42 Å². The van der Waals surface area contributed by atoms with Crippen LogP contribution in [0.15, 0.2) is 27.4 Å². The fourth-order valence-corrected chi connectivity index (χ4v) is 2.33. The Labute approximate surface area is 123 Å². The molecule has 2 aromatic heterocycles. The third-order valence-corrected chi connectivity index (χ3v) is 3.39. The van der Waals surface area contributed by atoms with Gasteiger partial charge in [-0.25, -0.2) is 14.3 Å². The van der Waals surface area contributed by atoms with E-state index >= 15 is 0 Å². The summed E-state index contributed by atoms with van der Waals surface area (Å²) in [4.78, 5) is 25.2. The summed E-state index contributed by atoms with van der Waals surface area (Å²) in [6, 6.07) is 3.77. The maximum Gasteiger partial charge on any atom is 0.341 e. The maximum atomic E-state index is 13.3. The van der Waals surface area contributed by atoms with Crippen LogP contribution >= 0.6 is 0 Å². The number of benzene rings is 1. The second kappa shape index (κ2) is 5.14. The van der Waals surface area contributed by atoms with E-state index in [0.29, 0.717) is 16.7 Å². The number of aromatic nitrogens is 3. The number of amides is 1. The summed E-state index contributed by atoms with van der Waals surface area (Å²) in [6.07, 6.45) is 0. The van der Waals surface area contributed by atoms with Crippen LogP contribution in [-0.2, 0) is 0 Å². The summed E-state index contributed by atoms with van der Waals surface area (Å²) in [5, 5.41) is 8.99. The molecule has 0 spiro atoms. The summed E-state index contributed by atoms with van der Waals surface area (Å²) in [5.74, 6) is -0.492. The van der Waals surface area contributed by atoms with Crippen molar-refractivity contribution in [1.82, 2.24) is 20.5 Å². The molecule has 0 saturated carbocycles. The first-order chi connectivity index (χ1) is 10.5. The molecule has 22 heavy (non-hydrogen) atoms. The molecule has 1 unspecified atom stereocenters. The van der Waals surface area contributed by atoms with Crippen molar-refractivity contribution in [2.75, 3.05) is 0 Å². The normalized spacial score (nSPS) is 12.5. The van der Waals surface area contributed by atoms with E-state index in [1.54, 1.807) is 19.9 Å². The molecule has 1 aromatic carbocycles. The van der Waals surface area contributed by atoms with Gasteiger partial charge in [0.1, 0.15) is 17.2 Å².